The SMILES string of the molecule is CCCCCCCCCCCCCCCC(=O)NCCCOC(=O)C(C)(C)N. The van der Waals surface area contributed by atoms with Gasteiger partial charge in [0.05, 0.1) is 6.61 Å². The highest BCUT2D eigenvalue weighted by atomic mass is 16.5. The minimum Gasteiger partial charge on any atom is -0.464 e. The van der Waals surface area contributed by atoms with E-state index in [-0.39, 0.29) is 5.91 Å². The summed E-state index contributed by atoms with van der Waals surface area (Å²) in [4.78, 5) is 23.2. The molecule has 0 aromatic heterocycles. The fourth-order valence-corrected chi connectivity index (χ4v) is 3.04. The monoisotopic (exact) mass is 398 g/mol. The van der Waals surface area contributed by atoms with Crippen LogP contribution in [0.15, 0.2) is 0 Å². The van der Waals surface area contributed by atoms with E-state index >= 15 is 0 Å². The summed E-state index contributed by atoms with van der Waals surface area (Å²) in [6.07, 6.45) is 18.2. The molecular formula is C23H46N2O3. The lowest BCUT2D eigenvalue weighted by Gasteiger charge is -2.16. The quantitative estimate of drug-likeness (QED) is 0.230. The van der Waals surface area contributed by atoms with Crippen LogP contribution in [0.4, 0.5) is 0 Å². The van der Waals surface area contributed by atoms with Crippen LogP contribution in [0.5, 0.6) is 0 Å². The zero-order valence-corrected chi connectivity index (χ0v) is 18.8. The molecule has 0 unspecified atom stereocenters. The smallest absolute Gasteiger partial charge is 0.325 e. The van der Waals surface area contributed by atoms with Crippen molar-refractivity contribution in [1.29, 1.82) is 0 Å². The maximum absolute atomic E-state index is 11.8. The third-order valence-corrected chi connectivity index (χ3v) is 4.91. The van der Waals surface area contributed by atoms with Gasteiger partial charge in [0.25, 0.3) is 0 Å². The van der Waals surface area contributed by atoms with E-state index in [1.165, 1.54) is 70.6 Å². The van der Waals surface area contributed by atoms with Crippen molar-refractivity contribution in [2.45, 2.75) is 123 Å². The molecule has 0 aromatic carbocycles. The molecule has 1 amide bonds. The minimum atomic E-state index is -0.961. The average molecular weight is 399 g/mol. The number of carbonyl (C=O) groups excluding carboxylic acids is 2. The van der Waals surface area contributed by atoms with Crippen LogP contribution < -0.4 is 11.1 Å². The predicted octanol–water partition coefficient (Wildman–Crippen LogP) is 5.25. The summed E-state index contributed by atoms with van der Waals surface area (Å²) in [6, 6.07) is 0. The van der Waals surface area contributed by atoms with Crippen LogP contribution in [0.1, 0.15) is 117 Å². The summed E-state index contributed by atoms with van der Waals surface area (Å²) in [5.74, 6) is -0.320. The van der Waals surface area contributed by atoms with Gasteiger partial charge in [-0.2, -0.15) is 0 Å². The Balaban J connectivity index is 3.28. The molecule has 5 nitrogen and oxygen atoms in total. The Bertz CT molecular complexity index is 392. The van der Waals surface area contributed by atoms with E-state index in [4.69, 9.17) is 10.5 Å². The summed E-state index contributed by atoms with van der Waals surface area (Å²) in [6.45, 7) is 6.33. The van der Waals surface area contributed by atoms with E-state index < -0.39 is 11.5 Å². The second-order valence-corrected chi connectivity index (χ2v) is 8.55. The molecule has 0 saturated carbocycles. The summed E-state index contributed by atoms with van der Waals surface area (Å²) in [5, 5.41) is 2.88. The van der Waals surface area contributed by atoms with Crippen molar-refractivity contribution in [3.05, 3.63) is 0 Å². The van der Waals surface area contributed by atoms with Crippen LogP contribution in [0, 0.1) is 0 Å². The van der Waals surface area contributed by atoms with Gasteiger partial charge in [0.2, 0.25) is 5.91 Å². The number of hydrogen-bond acceptors (Lipinski definition) is 4. The van der Waals surface area contributed by atoms with Crippen LogP contribution >= 0.6 is 0 Å². The van der Waals surface area contributed by atoms with Gasteiger partial charge in [-0.3, -0.25) is 9.59 Å². The summed E-state index contributed by atoms with van der Waals surface area (Å²) >= 11 is 0. The fourth-order valence-electron chi connectivity index (χ4n) is 3.04. The molecule has 0 atom stereocenters. The molecule has 0 bridgehead atoms. The molecule has 0 rings (SSSR count). The van der Waals surface area contributed by atoms with E-state index in [1.807, 2.05) is 0 Å². The standard InChI is InChI=1S/C23H46N2O3/c1-4-5-6-7-8-9-10-11-12-13-14-15-16-18-21(26)25-19-17-20-28-22(27)23(2,3)24/h4-20,24H2,1-3H3,(H,25,26). The Morgan fingerprint density at radius 3 is 1.71 bits per heavy atom. The molecule has 0 fully saturated rings. The first-order valence-electron chi connectivity index (χ1n) is 11.6. The Kier molecular flexibility index (Phi) is 17.3. The normalized spacial score (nSPS) is 11.4. The van der Waals surface area contributed by atoms with Gasteiger partial charge in [0.15, 0.2) is 0 Å². The van der Waals surface area contributed by atoms with Crippen molar-refractivity contribution in [1.82, 2.24) is 5.32 Å². The number of unbranched alkanes of at least 4 members (excludes halogenated alkanes) is 12. The Morgan fingerprint density at radius 1 is 0.786 bits per heavy atom. The van der Waals surface area contributed by atoms with E-state index in [2.05, 4.69) is 12.2 Å². The number of rotatable bonds is 19. The first-order chi connectivity index (χ1) is 13.4. The van der Waals surface area contributed by atoms with Gasteiger partial charge in [-0.1, -0.05) is 84.0 Å². The molecule has 0 radical (unpaired) electrons. The highest BCUT2D eigenvalue weighted by Gasteiger charge is 2.23. The number of esters is 1. The third-order valence-electron chi connectivity index (χ3n) is 4.91. The molecule has 0 aliphatic rings. The van der Waals surface area contributed by atoms with Crippen LogP contribution in [0.25, 0.3) is 0 Å². The Morgan fingerprint density at radius 2 is 1.25 bits per heavy atom. The first-order valence-corrected chi connectivity index (χ1v) is 11.6. The van der Waals surface area contributed by atoms with Gasteiger partial charge in [0.1, 0.15) is 5.54 Å². The highest BCUT2D eigenvalue weighted by molar-refractivity contribution is 5.79. The molecule has 0 aliphatic heterocycles. The number of hydrogen-bond donors (Lipinski definition) is 2. The van der Waals surface area contributed by atoms with Gasteiger partial charge in [-0.25, -0.2) is 0 Å². The van der Waals surface area contributed by atoms with E-state index in [1.54, 1.807) is 13.8 Å². The first kappa shape index (κ1) is 26.9. The molecule has 0 saturated heterocycles. The van der Waals surface area contributed by atoms with Crippen molar-refractivity contribution in [3.63, 3.8) is 0 Å². The van der Waals surface area contributed by atoms with Crippen molar-refractivity contribution < 1.29 is 14.3 Å². The lowest BCUT2D eigenvalue weighted by Crippen LogP contribution is -2.43. The number of carbonyl (C=O) groups is 2. The van der Waals surface area contributed by atoms with Crippen molar-refractivity contribution in [3.8, 4) is 0 Å². The highest BCUT2D eigenvalue weighted by Crippen LogP contribution is 2.12. The maximum atomic E-state index is 11.8. The number of nitrogens with two attached hydrogens (primary N) is 1. The molecule has 28 heavy (non-hydrogen) atoms. The Hall–Kier alpha value is -1.10. The van der Waals surface area contributed by atoms with Crippen LogP contribution in [-0.2, 0) is 14.3 Å². The zero-order valence-electron chi connectivity index (χ0n) is 18.8. The van der Waals surface area contributed by atoms with Crippen molar-refractivity contribution in [2.24, 2.45) is 5.73 Å². The van der Waals surface area contributed by atoms with Gasteiger partial charge < -0.3 is 15.8 Å². The number of nitrogens with one attached hydrogen (secondary N) is 1. The molecule has 0 aromatic rings. The van der Waals surface area contributed by atoms with E-state index in [9.17, 15) is 9.59 Å². The summed E-state index contributed by atoms with van der Waals surface area (Å²) in [5.41, 5.74) is 4.68. The Labute approximate surface area is 173 Å². The summed E-state index contributed by atoms with van der Waals surface area (Å²) in [7, 11) is 0. The van der Waals surface area contributed by atoms with Gasteiger partial charge in [-0.15, -0.1) is 0 Å². The molecule has 3 N–H and O–H groups in total. The second-order valence-electron chi connectivity index (χ2n) is 8.55. The van der Waals surface area contributed by atoms with Crippen LogP contribution in [0.3, 0.4) is 0 Å². The second kappa shape index (κ2) is 18.0. The van der Waals surface area contributed by atoms with Gasteiger partial charge in [0, 0.05) is 13.0 Å². The fraction of sp³-hybridized carbons (Fsp3) is 0.913. The van der Waals surface area contributed by atoms with Crippen LogP contribution in [-0.4, -0.2) is 30.6 Å². The van der Waals surface area contributed by atoms with E-state index in [0.717, 1.165) is 12.8 Å². The van der Waals surface area contributed by atoms with Gasteiger partial charge in [-0.05, 0) is 26.7 Å². The molecule has 0 heterocycles. The molecule has 0 spiro atoms. The zero-order chi connectivity index (χ0) is 21.1. The van der Waals surface area contributed by atoms with E-state index in [0.29, 0.717) is 26.0 Å². The minimum absolute atomic E-state index is 0.0913. The van der Waals surface area contributed by atoms with Crippen LogP contribution in [0.2, 0.25) is 0 Å². The predicted molar refractivity (Wildman–Crippen MR) is 117 cm³/mol. The number of ether oxygens (including phenoxy) is 1. The largest absolute Gasteiger partial charge is 0.464 e. The molecular weight excluding hydrogens is 352 g/mol. The maximum Gasteiger partial charge on any atom is 0.325 e. The molecule has 0 aliphatic carbocycles. The number of amides is 1. The third kappa shape index (κ3) is 18.3. The molecule has 166 valence electrons. The van der Waals surface area contributed by atoms with Crippen molar-refractivity contribution in [2.75, 3.05) is 13.2 Å². The lowest BCUT2D eigenvalue weighted by molar-refractivity contribution is -0.148. The van der Waals surface area contributed by atoms with Gasteiger partial charge >= 0.3 is 5.97 Å². The topological polar surface area (TPSA) is 81.4 Å². The lowest BCUT2D eigenvalue weighted by atomic mass is 10.0. The van der Waals surface area contributed by atoms with Crippen molar-refractivity contribution >= 4 is 11.9 Å². The molecule has 5 heteroatoms. The average Bonchev–Trinajstić information content (AvgIpc) is 2.64. The summed E-state index contributed by atoms with van der Waals surface area (Å²) < 4.78 is 5.06.